The Hall–Kier alpha value is -1.64. The summed E-state index contributed by atoms with van der Waals surface area (Å²) in [6, 6.07) is 10.2. The highest BCUT2D eigenvalue weighted by atomic mass is 15.4. The Morgan fingerprint density at radius 3 is 2.60 bits per heavy atom. The molecule has 0 saturated carbocycles. The van der Waals surface area contributed by atoms with Crippen LogP contribution in [0.25, 0.3) is 11.3 Å². The van der Waals surface area contributed by atoms with Crippen LogP contribution in [-0.4, -0.2) is 15.0 Å². The Morgan fingerprint density at radius 2 is 1.93 bits per heavy atom. The van der Waals surface area contributed by atoms with E-state index in [1.807, 2.05) is 29.1 Å². The number of hydrogen-bond acceptors (Lipinski definition) is 2. The van der Waals surface area contributed by atoms with Gasteiger partial charge in [-0.25, -0.2) is 4.68 Å². The third-order valence-corrected chi connectivity index (χ3v) is 2.23. The standard InChI is InChI=1S/C12H15N3/c1-10(2)9-15-12(8-13-14-15)11-6-4-3-5-7-11/h3-8,10H,9H2,1-2H3. The molecule has 3 nitrogen and oxygen atoms in total. The van der Waals surface area contributed by atoms with Gasteiger partial charge in [0.2, 0.25) is 0 Å². The molecule has 2 rings (SSSR count). The monoisotopic (exact) mass is 201 g/mol. The molecule has 1 heterocycles. The van der Waals surface area contributed by atoms with E-state index in [1.165, 1.54) is 5.56 Å². The van der Waals surface area contributed by atoms with E-state index in [9.17, 15) is 0 Å². The van der Waals surface area contributed by atoms with E-state index >= 15 is 0 Å². The third kappa shape index (κ3) is 2.24. The maximum Gasteiger partial charge on any atom is 0.0885 e. The van der Waals surface area contributed by atoms with Crippen molar-refractivity contribution in [3.63, 3.8) is 0 Å². The second-order valence-electron chi connectivity index (χ2n) is 4.06. The van der Waals surface area contributed by atoms with Crippen LogP contribution in [0.5, 0.6) is 0 Å². The van der Waals surface area contributed by atoms with Crippen LogP contribution in [0.2, 0.25) is 0 Å². The van der Waals surface area contributed by atoms with E-state index in [4.69, 9.17) is 0 Å². The summed E-state index contributed by atoms with van der Waals surface area (Å²) in [5.74, 6) is 0.578. The van der Waals surface area contributed by atoms with Crippen molar-refractivity contribution in [2.24, 2.45) is 5.92 Å². The molecule has 0 fully saturated rings. The largest absolute Gasteiger partial charge is 0.244 e. The van der Waals surface area contributed by atoms with Crippen LogP contribution in [0.1, 0.15) is 13.8 Å². The first kappa shape index (κ1) is 9.90. The van der Waals surface area contributed by atoms with Crippen LogP contribution >= 0.6 is 0 Å². The molecule has 0 atom stereocenters. The number of nitrogens with zero attached hydrogens (tertiary/aromatic N) is 3. The summed E-state index contributed by atoms with van der Waals surface area (Å²) in [5, 5.41) is 8.06. The molecule has 0 bridgehead atoms. The van der Waals surface area contributed by atoms with Gasteiger partial charge < -0.3 is 0 Å². The Bertz CT molecular complexity index is 417. The van der Waals surface area contributed by atoms with Crippen LogP contribution < -0.4 is 0 Å². The average molecular weight is 201 g/mol. The summed E-state index contributed by atoms with van der Waals surface area (Å²) < 4.78 is 1.96. The van der Waals surface area contributed by atoms with Crippen molar-refractivity contribution < 1.29 is 0 Å². The van der Waals surface area contributed by atoms with Gasteiger partial charge in [0.15, 0.2) is 0 Å². The predicted molar refractivity (Wildman–Crippen MR) is 60.3 cm³/mol. The SMILES string of the molecule is CC(C)Cn1nncc1-c1ccccc1. The molecular formula is C12H15N3. The molecule has 0 unspecified atom stereocenters. The molecule has 0 N–H and O–H groups in total. The summed E-state index contributed by atoms with van der Waals surface area (Å²) in [4.78, 5) is 0. The molecule has 1 aromatic heterocycles. The summed E-state index contributed by atoms with van der Waals surface area (Å²) >= 11 is 0. The fourth-order valence-corrected chi connectivity index (χ4v) is 1.57. The smallest absolute Gasteiger partial charge is 0.0885 e. The lowest BCUT2D eigenvalue weighted by molar-refractivity contribution is 0.475. The molecule has 0 aliphatic rings. The zero-order chi connectivity index (χ0) is 10.7. The molecule has 1 aromatic carbocycles. The van der Waals surface area contributed by atoms with Crippen molar-refractivity contribution in [3.8, 4) is 11.3 Å². The second-order valence-corrected chi connectivity index (χ2v) is 4.06. The van der Waals surface area contributed by atoms with E-state index < -0.39 is 0 Å². The van der Waals surface area contributed by atoms with E-state index in [0.29, 0.717) is 5.92 Å². The molecular weight excluding hydrogens is 186 g/mol. The molecule has 0 spiro atoms. The fourth-order valence-electron chi connectivity index (χ4n) is 1.57. The van der Waals surface area contributed by atoms with Gasteiger partial charge in [0.1, 0.15) is 0 Å². The van der Waals surface area contributed by atoms with Gasteiger partial charge in [-0.05, 0) is 5.92 Å². The van der Waals surface area contributed by atoms with Gasteiger partial charge >= 0.3 is 0 Å². The van der Waals surface area contributed by atoms with Gasteiger partial charge in [-0.1, -0.05) is 49.4 Å². The summed E-state index contributed by atoms with van der Waals surface area (Å²) in [6.45, 7) is 5.26. The first-order valence-corrected chi connectivity index (χ1v) is 5.21. The van der Waals surface area contributed by atoms with Gasteiger partial charge in [-0.2, -0.15) is 0 Å². The minimum Gasteiger partial charge on any atom is -0.244 e. The topological polar surface area (TPSA) is 30.7 Å². The molecule has 3 heteroatoms. The fraction of sp³-hybridized carbons (Fsp3) is 0.333. The van der Waals surface area contributed by atoms with Crippen LogP contribution in [-0.2, 0) is 6.54 Å². The molecule has 2 aromatic rings. The minimum absolute atomic E-state index is 0.578. The highest BCUT2D eigenvalue weighted by Crippen LogP contribution is 2.17. The van der Waals surface area contributed by atoms with Crippen molar-refractivity contribution in [3.05, 3.63) is 36.5 Å². The molecule has 15 heavy (non-hydrogen) atoms. The van der Waals surface area contributed by atoms with Crippen LogP contribution in [0.15, 0.2) is 36.5 Å². The number of aromatic nitrogens is 3. The maximum absolute atomic E-state index is 4.10. The van der Waals surface area contributed by atoms with Crippen molar-refractivity contribution in [2.75, 3.05) is 0 Å². The van der Waals surface area contributed by atoms with Crippen molar-refractivity contribution in [2.45, 2.75) is 20.4 Å². The first-order chi connectivity index (χ1) is 7.27. The summed E-state index contributed by atoms with van der Waals surface area (Å²) in [5.41, 5.74) is 2.26. The summed E-state index contributed by atoms with van der Waals surface area (Å²) in [6.07, 6.45) is 1.82. The molecule has 0 aliphatic heterocycles. The van der Waals surface area contributed by atoms with Crippen LogP contribution in [0.4, 0.5) is 0 Å². The van der Waals surface area contributed by atoms with E-state index in [2.05, 4.69) is 36.3 Å². The third-order valence-electron chi connectivity index (χ3n) is 2.23. The average Bonchev–Trinajstić information content (AvgIpc) is 2.66. The van der Waals surface area contributed by atoms with Gasteiger partial charge in [-0.3, -0.25) is 0 Å². The first-order valence-electron chi connectivity index (χ1n) is 5.21. The minimum atomic E-state index is 0.578. The Kier molecular flexibility index (Phi) is 2.81. The lowest BCUT2D eigenvalue weighted by Gasteiger charge is -2.08. The maximum atomic E-state index is 4.10. The highest BCUT2D eigenvalue weighted by molar-refractivity contribution is 5.57. The Morgan fingerprint density at radius 1 is 1.20 bits per heavy atom. The predicted octanol–water partition coefficient (Wildman–Crippen LogP) is 2.60. The zero-order valence-corrected chi connectivity index (χ0v) is 9.09. The van der Waals surface area contributed by atoms with E-state index in [0.717, 1.165) is 12.2 Å². The number of hydrogen-bond donors (Lipinski definition) is 0. The van der Waals surface area contributed by atoms with E-state index in [-0.39, 0.29) is 0 Å². The van der Waals surface area contributed by atoms with Gasteiger partial charge in [-0.15, -0.1) is 5.10 Å². The van der Waals surface area contributed by atoms with Gasteiger partial charge in [0.05, 0.1) is 11.9 Å². The van der Waals surface area contributed by atoms with E-state index in [1.54, 1.807) is 0 Å². The normalized spacial score (nSPS) is 10.9. The quantitative estimate of drug-likeness (QED) is 0.764. The molecule has 0 aliphatic carbocycles. The van der Waals surface area contributed by atoms with Crippen molar-refractivity contribution >= 4 is 0 Å². The molecule has 78 valence electrons. The van der Waals surface area contributed by atoms with Crippen LogP contribution in [0.3, 0.4) is 0 Å². The molecule has 0 radical (unpaired) electrons. The second kappa shape index (κ2) is 4.26. The van der Waals surface area contributed by atoms with Crippen molar-refractivity contribution in [1.29, 1.82) is 0 Å². The van der Waals surface area contributed by atoms with Gasteiger partial charge in [0.25, 0.3) is 0 Å². The molecule has 0 amide bonds. The lowest BCUT2D eigenvalue weighted by Crippen LogP contribution is -2.07. The number of rotatable bonds is 3. The van der Waals surface area contributed by atoms with Crippen LogP contribution in [0, 0.1) is 5.92 Å². The molecule has 0 saturated heterocycles. The lowest BCUT2D eigenvalue weighted by atomic mass is 10.1. The highest BCUT2D eigenvalue weighted by Gasteiger charge is 2.06. The summed E-state index contributed by atoms with van der Waals surface area (Å²) in [7, 11) is 0. The number of benzene rings is 1. The Balaban J connectivity index is 2.33. The van der Waals surface area contributed by atoms with Gasteiger partial charge in [0, 0.05) is 12.1 Å². The zero-order valence-electron chi connectivity index (χ0n) is 9.09. The van der Waals surface area contributed by atoms with Crippen molar-refractivity contribution in [1.82, 2.24) is 15.0 Å². The Labute approximate surface area is 89.7 Å².